The fraction of sp³-hybridized carbons (Fsp3) is 0.440. The Bertz CT molecular complexity index is 901. The van der Waals surface area contributed by atoms with Crippen molar-refractivity contribution in [2.45, 2.75) is 58.2 Å². The van der Waals surface area contributed by atoms with E-state index in [0.29, 0.717) is 18.0 Å². The van der Waals surface area contributed by atoms with Crippen LogP contribution in [0.25, 0.3) is 0 Å². The quantitative estimate of drug-likeness (QED) is 0.713. The highest BCUT2D eigenvalue weighted by Crippen LogP contribution is 2.39. The molecule has 2 N–H and O–H groups in total. The summed E-state index contributed by atoms with van der Waals surface area (Å²) >= 11 is 0. The number of anilines is 1. The number of hydrogen-bond acceptors (Lipinski definition) is 3. The minimum Gasteiger partial charge on any atom is -0.361 e. The Kier molecular flexibility index (Phi) is 6.07. The molecule has 1 atom stereocenters. The van der Waals surface area contributed by atoms with Gasteiger partial charge in [0.25, 0.3) is 11.8 Å². The summed E-state index contributed by atoms with van der Waals surface area (Å²) in [5.74, 6) is 0.487. The van der Waals surface area contributed by atoms with Crippen LogP contribution in [0.1, 0.15) is 78.4 Å². The number of rotatable bonds is 6. The standard InChI is InChI=1S/C25H31N3O2/c1-17(2)16-26-24(29)18-12-14-19(15-13-18)27-23-21-10-6-7-11-22(21)25(30)28(23)20-8-4-3-5-9-20/h6-7,10-15,17,20,23,27H,3-5,8-9,16H2,1-2H3,(H,26,29)/t23-/m1/s1. The van der Waals surface area contributed by atoms with Gasteiger partial charge in [0, 0.05) is 35.0 Å². The SMILES string of the molecule is CC(C)CNC(=O)c1ccc(N[C@H]2c3ccccc3C(=O)N2C2CCCCC2)cc1. The Balaban J connectivity index is 1.54. The molecule has 5 nitrogen and oxygen atoms in total. The van der Waals surface area contributed by atoms with Crippen LogP contribution in [0.2, 0.25) is 0 Å². The average Bonchev–Trinajstić information content (AvgIpc) is 3.05. The van der Waals surface area contributed by atoms with E-state index in [1.54, 1.807) is 0 Å². The summed E-state index contributed by atoms with van der Waals surface area (Å²) in [6.45, 7) is 4.81. The molecule has 1 heterocycles. The molecule has 0 saturated heterocycles. The van der Waals surface area contributed by atoms with E-state index in [9.17, 15) is 9.59 Å². The molecule has 2 amide bonds. The van der Waals surface area contributed by atoms with E-state index in [2.05, 4.69) is 24.5 Å². The van der Waals surface area contributed by atoms with Crippen molar-refractivity contribution in [2.75, 3.05) is 11.9 Å². The van der Waals surface area contributed by atoms with Crippen LogP contribution in [0, 0.1) is 5.92 Å². The second-order valence-electron chi connectivity index (χ2n) is 8.82. The van der Waals surface area contributed by atoms with E-state index >= 15 is 0 Å². The van der Waals surface area contributed by atoms with Crippen LogP contribution in [0.4, 0.5) is 5.69 Å². The lowest BCUT2D eigenvalue weighted by atomic mass is 9.94. The van der Waals surface area contributed by atoms with Crippen LogP contribution in [0.15, 0.2) is 48.5 Å². The van der Waals surface area contributed by atoms with Gasteiger partial charge in [0.1, 0.15) is 6.17 Å². The summed E-state index contributed by atoms with van der Waals surface area (Å²) in [5, 5.41) is 6.51. The summed E-state index contributed by atoms with van der Waals surface area (Å²) in [6.07, 6.45) is 5.57. The zero-order valence-corrected chi connectivity index (χ0v) is 17.9. The fourth-order valence-electron chi connectivity index (χ4n) is 4.49. The maximum absolute atomic E-state index is 13.2. The molecule has 0 aromatic heterocycles. The highest BCUT2D eigenvalue weighted by atomic mass is 16.2. The van der Waals surface area contributed by atoms with Crippen LogP contribution in [-0.2, 0) is 0 Å². The maximum Gasteiger partial charge on any atom is 0.256 e. The van der Waals surface area contributed by atoms with E-state index < -0.39 is 0 Å². The molecule has 1 fully saturated rings. The minimum atomic E-state index is -0.169. The van der Waals surface area contributed by atoms with Gasteiger partial charge in [-0.1, -0.05) is 51.3 Å². The zero-order valence-electron chi connectivity index (χ0n) is 17.9. The molecule has 0 bridgehead atoms. The van der Waals surface area contributed by atoms with Crippen LogP contribution in [-0.4, -0.2) is 29.3 Å². The van der Waals surface area contributed by atoms with Crippen LogP contribution in [0.3, 0.4) is 0 Å². The van der Waals surface area contributed by atoms with Gasteiger partial charge in [0.2, 0.25) is 0 Å². The van der Waals surface area contributed by atoms with Gasteiger partial charge in [-0.15, -0.1) is 0 Å². The van der Waals surface area contributed by atoms with Crippen LogP contribution < -0.4 is 10.6 Å². The van der Waals surface area contributed by atoms with E-state index in [1.165, 1.54) is 19.3 Å². The fourth-order valence-corrected chi connectivity index (χ4v) is 4.49. The molecule has 1 aliphatic heterocycles. The van der Waals surface area contributed by atoms with Crippen molar-refractivity contribution in [3.8, 4) is 0 Å². The number of nitrogens with one attached hydrogen (secondary N) is 2. The number of carbonyl (C=O) groups excluding carboxylic acids is 2. The molecule has 2 aromatic rings. The first-order valence-corrected chi connectivity index (χ1v) is 11.1. The van der Waals surface area contributed by atoms with Gasteiger partial charge < -0.3 is 15.5 Å². The molecule has 30 heavy (non-hydrogen) atoms. The van der Waals surface area contributed by atoms with Gasteiger partial charge in [-0.05, 0) is 49.1 Å². The van der Waals surface area contributed by atoms with Crippen molar-refractivity contribution in [2.24, 2.45) is 5.92 Å². The third kappa shape index (κ3) is 4.20. The molecular weight excluding hydrogens is 374 g/mol. The molecule has 2 aromatic carbocycles. The number of carbonyl (C=O) groups is 2. The topological polar surface area (TPSA) is 61.4 Å². The number of hydrogen-bond donors (Lipinski definition) is 2. The lowest BCUT2D eigenvalue weighted by molar-refractivity contribution is 0.0600. The van der Waals surface area contributed by atoms with Crippen molar-refractivity contribution in [3.05, 3.63) is 65.2 Å². The first-order valence-electron chi connectivity index (χ1n) is 11.1. The lowest BCUT2D eigenvalue weighted by Crippen LogP contribution is -2.42. The monoisotopic (exact) mass is 405 g/mol. The Hall–Kier alpha value is -2.82. The van der Waals surface area contributed by atoms with E-state index in [-0.39, 0.29) is 24.0 Å². The van der Waals surface area contributed by atoms with Gasteiger partial charge >= 0.3 is 0 Å². The number of nitrogens with zero attached hydrogens (tertiary/aromatic N) is 1. The highest BCUT2D eigenvalue weighted by Gasteiger charge is 2.40. The summed E-state index contributed by atoms with van der Waals surface area (Å²) in [7, 11) is 0. The Morgan fingerprint density at radius 1 is 1.03 bits per heavy atom. The Morgan fingerprint density at radius 2 is 1.73 bits per heavy atom. The molecule has 5 heteroatoms. The van der Waals surface area contributed by atoms with Crippen molar-refractivity contribution in [1.29, 1.82) is 0 Å². The second kappa shape index (κ2) is 8.90. The summed E-state index contributed by atoms with van der Waals surface area (Å²) in [4.78, 5) is 27.5. The Morgan fingerprint density at radius 3 is 2.43 bits per heavy atom. The number of fused-ring (bicyclic) bond motifs is 1. The third-order valence-corrected chi connectivity index (χ3v) is 6.09. The number of amides is 2. The van der Waals surface area contributed by atoms with E-state index in [0.717, 1.165) is 29.7 Å². The molecule has 1 saturated carbocycles. The normalized spacial score (nSPS) is 19.1. The second-order valence-corrected chi connectivity index (χ2v) is 8.82. The summed E-state index contributed by atoms with van der Waals surface area (Å²) < 4.78 is 0. The molecule has 0 radical (unpaired) electrons. The summed E-state index contributed by atoms with van der Waals surface area (Å²) in [6, 6.07) is 15.7. The van der Waals surface area contributed by atoms with Crippen LogP contribution in [0.5, 0.6) is 0 Å². The van der Waals surface area contributed by atoms with Crippen LogP contribution >= 0.6 is 0 Å². The van der Waals surface area contributed by atoms with Gasteiger partial charge in [-0.25, -0.2) is 0 Å². The molecule has 0 spiro atoms. The van der Waals surface area contributed by atoms with Crippen molar-refractivity contribution in [1.82, 2.24) is 10.2 Å². The van der Waals surface area contributed by atoms with Crippen molar-refractivity contribution in [3.63, 3.8) is 0 Å². The molecule has 2 aliphatic rings. The molecule has 1 aliphatic carbocycles. The molecule has 0 unspecified atom stereocenters. The average molecular weight is 406 g/mol. The smallest absolute Gasteiger partial charge is 0.256 e. The van der Waals surface area contributed by atoms with E-state index in [1.807, 2.05) is 53.4 Å². The van der Waals surface area contributed by atoms with Gasteiger partial charge in [0.15, 0.2) is 0 Å². The molecule has 158 valence electrons. The lowest BCUT2D eigenvalue weighted by Gasteiger charge is -2.36. The van der Waals surface area contributed by atoms with Gasteiger partial charge in [-0.3, -0.25) is 9.59 Å². The predicted octanol–water partition coefficient (Wildman–Crippen LogP) is 4.97. The third-order valence-electron chi connectivity index (χ3n) is 6.09. The van der Waals surface area contributed by atoms with Gasteiger partial charge in [0.05, 0.1) is 0 Å². The summed E-state index contributed by atoms with van der Waals surface area (Å²) in [5.41, 5.74) is 3.39. The van der Waals surface area contributed by atoms with E-state index in [4.69, 9.17) is 0 Å². The largest absolute Gasteiger partial charge is 0.361 e. The van der Waals surface area contributed by atoms with Crippen molar-refractivity contribution < 1.29 is 9.59 Å². The first-order chi connectivity index (χ1) is 14.5. The molecular formula is C25H31N3O2. The predicted molar refractivity (Wildman–Crippen MR) is 119 cm³/mol. The Labute approximate surface area is 178 Å². The molecule has 4 rings (SSSR count). The zero-order chi connectivity index (χ0) is 21.1. The maximum atomic E-state index is 13.2. The number of benzene rings is 2. The minimum absolute atomic E-state index is 0.0551. The van der Waals surface area contributed by atoms with Gasteiger partial charge in [-0.2, -0.15) is 0 Å². The highest BCUT2D eigenvalue weighted by molar-refractivity contribution is 6.00. The van der Waals surface area contributed by atoms with Crippen molar-refractivity contribution >= 4 is 17.5 Å². The first kappa shape index (κ1) is 20.5.